The molecule has 0 saturated heterocycles. The summed E-state index contributed by atoms with van der Waals surface area (Å²) in [5.74, 6) is -0.366. The highest BCUT2D eigenvalue weighted by Crippen LogP contribution is 2.35. The number of nitrogens with zero attached hydrogens (tertiary/aromatic N) is 2. The Morgan fingerprint density at radius 1 is 0.745 bits per heavy atom. The van der Waals surface area contributed by atoms with Gasteiger partial charge in [0.05, 0.1) is 17.7 Å². The lowest BCUT2D eigenvalue weighted by Gasteiger charge is -2.14. The lowest BCUT2D eigenvalue weighted by Crippen LogP contribution is -2.26. The molecule has 1 N–H and O–H groups in total. The third kappa shape index (κ3) is 13.2. The highest BCUT2D eigenvalue weighted by molar-refractivity contribution is 6.31. The van der Waals surface area contributed by atoms with Crippen LogP contribution in [0, 0.1) is 0 Å². The van der Waals surface area contributed by atoms with Crippen molar-refractivity contribution in [3.8, 4) is 34.8 Å². The van der Waals surface area contributed by atoms with Gasteiger partial charge in [-0.3, -0.25) is 0 Å². The van der Waals surface area contributed by atoms with Crippen LogP contribution in [0.1, 0.15) is 44.7 Å². The number of ether oxygens (including phenoxy) is 5. The molecule has 0 amide bonds. The van der Waals surface area contributed by atoms with Gasteiger partial charge in [0.25, 0.3) is 0 Å². The Morgan fingerprint density at radius 3 is 1.73 bits per heavy atom. The molecule has 0 fully saturated rings. The SMILES string of the molecule is CC(Oc1ccc(Oc2ncc(C(F)(F)F)cc2Cl)cc1)C(=O)O.CCCCOC(=O)[C@@H](C)Oc1ccc(Oc2ccc(C(F)(F)F)cn2)cc1. The van der Waals surface area contributed by atoms with Gasteiger partial charge in [0.15, 0.2) is 12.2 Å². The van der Waals surface area contributed by atoms with Crippen LogP contribution in [-0.4, -0.2) is 45.8 Å². The number of esters is 1. The number of aliphatic carboxylic acids is 1. The average molecular weight is 745 g/mol. The monoisotopic (exact) mass is 744 g/mol. The van der Waals surface area contributed by atoms with Gasteiger partial charge in [0.1, 0.15) is 28.0 Å². The van der Waals surface area contributed by atoms with Crippen molar-refractivity contribution < 1.29 is 64.7 Å². The zero-order valence-corrected chi connectivity index (χ0v) is 27.9. The van der Waals surface area contributed by atoms with Crippen LogP contribution in [0.2, 0.25) is 5.02 Å². The van der Waals surface area contributed by atoms with E-state index in [1.54, 1.807) is 31.2 Å². The lowest BCUT2D eigenvalue weighted by atomic mass is 10.3. The first-order valence-electron chi connectivity index (χ1n) is 15.0. The number of hydrogen-bond acceptors (Lipinski definition) is 9. The maximum Gasteiger partial charge on any atom is 0.417 e. The molecule has 2 aromatic carbocycles. The van der Waals surface area contributed by atoms with Gasteiger partial charge in [-0.2, -0.15) is 26.3 Å². The molecule has 51 heavy (non-hydrogen) atoms. The molecule has 2 aromatic heterocycles. The quantitative estimate of drug-likeness (QED) is 0.0804. The first-order valence-corrected chi connectivity index (χ1v) is 15.4. The number of benzene rings is 2. The number of rotatable bonds is 13. The molecule has 1 unspecified atom stereocenters. The molecule has 0 radical (unpaired) electrons. The molecule has 0 aliphatic heterocycles. The third-order valence-electron chi connectivity index (χ3n) is 6.33. The molecule has 0 aliphatic rings. The number of carbonyl (C=O) groups excluding carboxylic acids is 1. The van der Waals surface area contributed by atoms with E-state index in [4.69, 9.17) is 40.4 Å². The number of alkyl halides is 6. The van der Waals surface area contributed by atoms with Gasteiger partial charge in [-0.1, -0.05) is 24.9 Å². The van der Waals surface area contributed by atoms with Crippen LogP contribution in [0.5, 0.6) is 34.8 Å². The van der Waals surface area contributed by atoms with Crippen LogP contribution in [0.25, 0.3) is 0 Å². The summed E-state index contributed by atoms with van der Waals surface area (Å²) in [5.41, 5.74) is -1.83. The van der Waals surface area contributed by atoms with E-state index in [2.05, 4.69) is 9.97 Å². The standard InChI is InChI=1S/C19H20F3NO4.C15H11ClF3NO4/c1-3-4-11-25-18(24)13(2)26-15-6-8-16(9-7-15)27-17-10-5-14(12-23-17)19(20,21)22;1-8(14(21)22)23-10-2-4-11(5-3-10)24-13-12(16)6-9(7-20-13)15(17,18)19/h5-10,12-13H,3-4,11H2,1-2H3;2-8H,1H3,(H,21,22)/t13-;/m1./s1. The van der Waals surface area contributed by atoms with Crippen molar-refractivity contribution in [3.05, 3.63) is 95.3 Å². The molecule has 4 rings (SSSR count). The summed E-state index contributed by atoms with van der Waals surface area (Å²) in [6, 6.07) is 14.8. The van der Waals surface area contributed by atoms with Crippen LogP contribution in [0.3, 0.4) is 0 Å². The fourth-order valence-electron chi connectivity index (χ4n) is 3.61. The minimum atomic E-state index is -4.55. The first kappa shape index (κ1) is 40.2. The van der Waals surface area contributed by atoms with E-state index in [0.717, 1.165) is 31.0 Å². The molecule has 0 spiro atoms. The number of carbonyl (C=O) groups is 2. The number of carboxylic acids is 1. The molecule has 10 nitrogen and oxygen atoms in total. The lowest BCUT2D eigenvalue weighted by molar-refractivity contribution is -0.151. The Kier molecular flexibility index (Phi) is 14.3. The second-order valence-corrected chi connectivity index (χ2v) is 10.8. The van der Waals surface area contributed by atoms with Crippen molar-refractivity contribution in [2.45, 2.75) is 58.2 Å². The molecule has 0 bridgehead atoms. The summed E-state index contributed by atoms with van der Waals surface area (Å²) in [7, 11) is 0. The third-order valence-corrected chi connectivity index (χ3v) is 6.60. The number of hydrogen-bond donors (Lipinski definition) is 1. The predicted molar refractivity (Wildman–Crippen MR) is 170 cm³/mol. The topological polar surface area (TPSA) is 126 Å². The first-order chi connectivity index (χ1) is 24.0. The second-order valence-electron chi connectivity index (χ2n) is 10.4. The summed E-state index contributed by atoms with van der Waals surface area (Å²) in [4.78, 5) is 29.6. The zero-order valence-electron chi connectivity index (χ0n) is 27.1. The van der Waals surface area contributed by atoms with Crippen LogP contribution >= 0.6 is 11.6 Å². The maximum absolute atomic E-state index is 12.5. The van der Waals surface area contributed by atoms with Gasteiger partial charge in [-0.05, 0) is 80.9 Å². The Labute approximate surface area is 292 Å². The van der Waals surface area contributed by atoms with Crippen LogP contribution in [0.4, 0.5) is 26.3 Å². The molecule has 0 aliphatic carbocycles. The highest BCUT2D eigenvalue weighted by atomic mass is 35.5. The van der Waals surface area contributed by atoms with Crippen LogP contribution in [-0.2, 0) is 26.7 Å². The van der Waals surface area contributed by atoms with Crippen molar-refractivity contribution >= 4 is 23.5 Å². The van der Waals surface area contributed by atoms with E-state index in [1.807, 2.05) is 6.92 Å². The summed E-state index contributed by atoms with van der Waals surface area (Å²) in [6.07, 6.45) is -7.73. The fourth-order valence-corrected chi connectivity index (χ4v) is 3.81. The van der Waals surface area contributed by atoms with E-state index in [0.29, 0.717) is 36.2 Å². The van der Waals surface area contributed by atoms with Crippen molar-refractivity contribution in [1.82, 2.24) is 9.97 Å². The van der Waals surface area contributed by atoms with Gasteiger partial charge >= 0.3 is 24.3 Å². The zero-order chi connectivity index (χ0) is 37.8. The Morgan fingerprint density at radius 2 is 1.25 bits per heavy atom. The number of halogens is 7. The van der Waals surface area contributed by atoms with Crippen LogP contribution < -0.4 is 18.9 Å². The normalized spacial score (nSPS) is 12.4. The largest absolute Gasteiger partial charge is 0.479 e. The Balaban J connectivity index is 0.000000277. The number of carboxylic acid groups (broad SMARTS) is 1. The van der Waals surface area contributed by atoms with Gasteiger partial charge < -0.3 is 28.8 Å². The molecule has 274 valence electrons. The summed E-state index contributed by atoms with van der Waals surface area (Å²) >= 11 is 5.74. The van der Waals surface area contributed by atoms with E-state index >= 15 is 0 Å². The molecule has 2 atom stereocenters. The van der Waals surface area contributed by atoms with Crippen molar-refractivity contribution in [3.63, 3.8) is 0 Å². The van der Waals surface area contributed by atoms with Crippen LogP contribution in [0.15, 0.2) is 79.1 Å². The summed E-state index contributed by atoms with van der Waals surface area (Å²) in [6.45, 7) is 5.32. The Hall–Kier alpha value is -5.25. The van der Waals surface area contributed by atoms with Gasteiger partial charge in [-0.15, -0.1) is 0 Å². The summed E-state index contributed by atoms with van der Waals surface area (Å²) in [5, 5.41) is 8.46. The minimum Gasteiger partial charge on any atom is -0.479 e. The van der Waals surface area contributed by atoms with Gasteiger partial charge in [0.2, 0.25) is 11.8 Å². The molecule has 0 saturated carbocycles. The van der Waals surface area contributed by atoms with Gasteiger partial charge in [-0.25, -0.2) is 19.6 Å². The smallest absolute Gasteiger partial charge is 0.417 e. The molecule has 17 heteroatoms. The van der Waals surface area contributed by atoms with E-state index in [1.165, 1.54) is 31.2 Å². The molecular weight excluding hydrogens is 714 g/mol. The maximum atomic E-state index is 12.5. The molecule has 4 aromatic rings. The minimum absolute atomic E-state index is 0.0320. The van der Waals surface area contributed by atoms with E-state index in [-0.39, 0.29) is 22.5 Å². The second kappa shape index (κ2) is 18.1. The van der Waals surface area contributed by atoms with E-state index in [9.17, 15) is 35.9 Å². The van der Waals surface area contributed by atoms with Gasteiger partial charge in [0, 0.05) is 18.5 Å². The van der Waals surface area contributed by atoms with Crippen molar-refractivity contribution in [2.75, 3.05) is 6.61 Å². The average Bonchev–Trinajstić information content (AvgIpc) is 3.07. The summed E-state index contributed by atoms with van der Waals surface area (Å²) < 4.78 is 102. The molecular formula is C34H31ClF6N2O8. The Bertz CT molecular complexity index is 1720. The predicted octanol–water partition coefficient (Wildman–Crippen LogP) is 9.40. The van der Waals surface area contributed by atoms with Crippen molar-refractivity contribution in [1.29, 1.82) is 0 Å². The fraction of sp³-hybridized carbons (Fsp3) is 0.294. The molecule has 2 heterocycles. The number of aromatic nitrogens is 2. The number of pyridine rings is 2. The highest BCUT2D eigenvalue weighted by Gasteiger charge is 2.32. The van der Waals surface area contributed by atoms with Crippen molar-refractivity contribution in [2.24, 2.45) is 0 Å². The number of unbranched alkanes of at least 4 members (excludes halogenated alkanes) is 1. The van der Waals surface area contributed by atoms with E-state index < -0.39 is 47.6 Å².